The summed E-state index contributed by atoms with van der Waals surface area (Å²) in [5.74, 6) is -0.123. The summed E-state index contributed by atoms with van der Waals surface area (Å²) in [6, 6.07) is 6.95. The first-order valence-electron chi connectivity index (χ1n) is 4.51. The summed E-state index contributed by atoms with van der Waals surface area (Å²) < 4.78 is 0. The minimum atomic E-state index is -0.432. The molecule has 2 rings (SSSR count). The van der Waals surface area contributed by atoms with E-state index in [2.05, 4.69) is 4.98 Å². The molecular weight excluding hydrogens is 192 g/mol. The maximum Gasteiger partial charge on any atom is 0.261 e. The molecule has 0 aliphatic carbocycles. The van der Waals surface area contributed by atoms with Gasteiger partial charge in [-0.15, -0.1) is 0 Å². The number of hydrogen-bond acceptors (Lipinski definition) is 3. The Balaban J connectivity index is 2.97. The first-order chi connectivity index (χ1) is 7.11. The summed E-state index contributed by atoms with van der Waals surface area (Å²) >= 11 is 0. The van der Waals surface area contributed by atoms with Crippen LogP contribution in [0.1, 0.15) is 12.5 Å². The zero-order valence-electron chi connectivity index (χ0n) is 8.16. The second-order valence-electron chi connectivity index (χ2n) is 3.35. The lowest BCUT2D eigenvalue weighted by atomic mass is 10.1. The highest BCUT2D eigenvalue weighted by molar-refractivity contribution is 6.03. The summed E-state index contributed by atoms with van der Waals surface area (Å²) in [5, 5.41) is 17.8. The molecule has 0 amide bonds. The molecule has 4 heteroatoms. The van der Waals surface area contributed by atoms with Gasteiger partial charge in [-0.05, 0) is 19.1 Å². The molecule has 15 heavy (non-hydrogen) atoms. The van der Waals surface area contributed by atoms with Crippen LogP contribution in [0.25, 0.3) is 10.9 Å². The SMILES string of the molecule is CC(=N)c1c(O)c2ccccc2[nH]c1=O. The topological polar surface area (TPSA) is 76.9 Å². The first-order valence-corrected chi connectivity index (χ1v) is 4.51. The lowest BCUT2D eigenvalue weighted by Crippen LogP contribution is -2.16. The third-order valence-electron chi connectivity index (χ3n) is 2.27. The molecule has 1 heterocycles. The first kappa shape index (κ1) is 9.45. The molecule has 2 aromatic rings. The molecule has 4 nitrogen and oxygen atoms in total. The lowest BCUT2D eigenvalue weighted by Gasteiger charge is -2.05. The third-order valence-corrected chi connectivity index (χ3v) is 2.27. The van der Waals surface area contributed by atoms with Crippen molar-refractivity contribution < 1.29 is 5.11 Å². The summed E-state index contributed by atoms with van der Waals surface area (Å²) in [7, 11) is 0. The van der Waals surface area contributed by atoms with Crippen molar-refractivity contribution in [2.75, 3.05) is 0 Å². The number of rotatable bonds is 1. The molecule has 0 aliphatic heterocycles. The predicted octanol–water partition coefficient (Wildman–Crippen LogP) is 1.62. The van der Waals surface area contributed by atoms with Crippen LogP contribution >= 0.6 is 0 Å². The number of para-hydroxylation sites is 1. The van der Waals surface area contributed by atoms with E-state index in [0.29, 0.717) is 10.9 Å². The van der Waals surface area contributed by atoms with Crippen LogP contribution in [0.2, 0.25) is 0 Å². The van der Waals surface area contributed by atoms with Crippen molar-refractivity contribution in [3.8, 4) is 5.75 Å². The molecule has 0 bridgehead atoms. The van der Waals surface area contributed by atoms with Gasteiger partial charge in [0, 0.05) is 11.1 Å². The number of nitrogens with one attached hydrogen (secondary N) is 2. The van der Waals surface area contributed by atoms with E-state index in [0.717, 1.165) is 0 Å². The highest BCUT2D eigenvalue weighted by atomic mass is 16.3. The lowest BCUT2D eigenvalue weighted by molar-refractivity contribution is 0.479. The summed E-state index contributed by atoms with van der Waals surface area (Å²) in [5.41, 5.74) is 0.233. The second kappa shape index (κ2) is 3.24. The van der Waals surface area contributed by atoms with Crippen LogP contribution in [0.5, 0.6) is 5.75 Å². The fourth-order valence-corrected chi connectivity index (χ4v) is 1.57. The van der Waals surface area contributed by atoms with E-state index in [-0.39, 0.29) is 17.0 Å². The minimum Gasteiger partial charge on any atom is -0.506 e. The standard InChI is InChI=1S/C11H10N2O2/c1-6(12)9-10(14)7-4-2-3-5-8(7)13-11(9)15/h2-5,12H,1H3,(H2,13,14,15). The quantitative estimate of drug-likeness (QED) is 0.614. The normalized spacial score (nSPS) is 10.5. The van der Waals surface area contributed by atoms with Gasteiger partial charge in [0.15, 0.2) is 0 Å². The molecular formula is C11H10N2O2. The number of benzene rings is 1. The molecule has 0 saturated carbocycles. The van der Waals surface area contributed by atoms with Gasteiger partial charge in [0.05, 0.1) is 5.52 Å². The van der Waals surface area contributed by atoms with E-state index in [4.69, 9.17) is 5.41 Å². The van der Waals surface area contributed by atoms with Gasteiger partial charge < -0.3 is 15.5 Å². The number of H-pyrrole nitrogens is 1. The smallest absolute Gasteiger partial charge is 0.261 e. The van der Waals surface area contributed by atoms with Crippen LogP contribution in [0.3, 0.4) is 0 Å². The molecule has 0 fully saturated rings. The molecule has 0 spiro atoms. The summed E-state index contributed by atoms with van der Waals surface area (Å²) in [4.78, 5) is 14.2. The third kappa shape index (κ3) is 1.40. The van der Waals surface area contributed by atoms with E-state index in [1.807, 2.05) is 0 Å². The number of aromatic amines is 1. The van der Waals surface area contributed by atoms with Crippen LogP contribution in [-0.2, 0) is 0 Å². The fourth-order valence-electron chi connectivity index (χ4n) is 1.57. The summed E-state index contributed by atoms with van der Waals surface area (Å²) in [6.07, 6.45) is 0. The average Bonchev–Trinajstić information content (AvgIpc) is 2.17. The molecule has 0 atom stereocenters. The van der Waals surface area contributed by atoms with Crippen LogP contribution < -0.4 is 5.56 Å². The Morgan fingerprint density at radius 2 is 2.07 bits per heavy atom. The highest BCUT2D eigenvalue weighted by Gasteiger charge is 2.12. The monoisotopic (exact) mass is 202 g/mol. The van der Waals surface area contributed by atoms with Gasteiger partial charge >= 0.3 is 0 Å². The van der Waals surface area contributed by atoms with E-state index >= 15 is 0 Å². The summed E-state index contributed by atoms with van der Waals surface area (Å²) in [6.45, 7) is 1.47. The number of aromatic nitrogens is 1. The highest BCUT2D eigenvalue weighted by Crippen LogP contribution is 2.24. The van der Waals surface area contributed by atoms with E-state index in [1.54, 1.807) is 24.3 Å². The Morgan fingerprint density at radius 1 is 1.40 bits per heavy atom. The Kier molecular flexibility index (Phi) is 2.04. The molecule has 0 unspecified atom stereocenters. The molecule has 0 radical (unpaired) electrons. The van der Waals surface area contributed by atoms with Gasteiger partial charge in [-0.1, -0.05) is 12.1 Å². The Morgan fingerprint density at radius 3 is 2.73 bits per heavy atom. The Bertz CT molecular complexity index is 599. The van der Waals surface area contributed by atoms with Crippen molar-refractivity contribution >= 4 is 16.6 Å². The number of fused-ring (bicyclic) bond motifs is 1. The van der Waals surface area contributed by atoms with Crippen molar-refractivity contribution in [3.63, 3.8) is 0 Å². The van der Waals surface area contributed by atoms with Gasteiger partial charge in [-0.3, -0.25) is 4.79 Å². The van der Waals surface area contributed by atoms with E-state index in [9.17, 15) is 9.90 Å². The molecule has 76 valence electrons. The number of pyridine rings is 1. The predicted molar refractivity (Wildman–Crippen MR) is 58.7 cm³/mol. The van der Waals surface area contributed by atoms with Gasteiger partial charge in [-0.2, -0.15) is 0 Å². The second-order valence-corrected chi connectivity index (χ2v) is 3.35. The van der Waals surface area contributed by atoms with Gasteiger partial charge in [0.2, 0.25) is 0 Å². The number of hydrogen-bond donors (Lipinski definition) is 3. The van der Waals surface area contributed by atoms with Crippen molar-refractivity contribution in [2.45, 2.75) is 6.92 Å². The minimum absolute atomic E-state index is 0.0358. The zero-order valence-corrected chi connectivity index (χ0v) is 8.16. The fraction of sp³-hybridized carbons (Fsp3) is 0.0909. The number of aromatic hydroxyl groups is 1. The molecule has 0 saturated heterocycles. The Labute approximate surface area is 85.7 Å². The Hall–Kier alpha value is -2.10. The van der Waals surface area contributed by atoms with Crippen molar-refractivity contribution in [1.82, 2.24) is 4.98 Å². The molecule has 3 N–H and O–H groups in total. The molecule has 1 aromatic heterocycles. The van der Waals surface area contributed by atoms with Crippen molar-refractivity contribution in [1.29, 1.82) is 5.41 Å². The average molecular weight is 202 g/mol. The van der Waals surface area contributed by atoms with Crippen molar-refractivity contribution in [3.05, 3.63) is 40.2 Å². The van der Waals surface area contributed by atoms with Crippen LogP contribution in [0, 0.1) is 5.41 Å². The van der Waals surface area contributed by atoms with Gasteiger partial charge in [0.1, 0.15) is 11.3 Å². The van der Waals surface area contributed by atoms with Crippen LogP contribution in [0.15, 0.2) is 29.1 Å². The van der Waals surface area contributed by atoms with E-state index < -0.39 is 5.56 Å². The zero-order chi connectivity index (χ0) is 11.0. The van der Waals surface area contributed by atoms with Gasteiger partial charge in [0.25, 0.3) is 5.56 Å². The molecule has 1 aromatic carbocycles. The van der Waals surface area contributed by atoms with Crippen molar-refractivity contribution in [2.24, 2.45) is 0 Å². The van der Waals surface area contributed by atoms with Crippen LogP contribution in [-0.4, -0.2) is 15.8 Å². The maximum absolute atomic E-state index is 11.5. The van der Waals surface area contributed by atoms with Gasteiger partial charge in [-0.25, -0.2) is 0 Å². The molecule has 0 aliphatic rings. The van der Waals surface area contributed by atoms with E-state index in [1.165, 1.54) is 6.92 Å². The maximum atomic E-state index is 11.5. The largest absolute Gasteiger partial charge is 0.506 e. The van der Waals surface area contributed by atoms with Crippen LogP contribution in [0.4, 0.5) is 0 Å².